The van der Waals surface area contributed by atoms with Gasteiger partial charge >= 0.3 is 0 Å². The van der Waals surface area contributed by atoms with Crippen LogP contribution in [0.1, 0.15) is 5.56 Å². The highest BCUT2D eigenvalue weighted by atomic mass is 19.1. The van der Waals surface area contributed by atoms with E-state index in [1.54, 1.807) is 0 Å². The average Bonchev–Trinajstić information content (AvgIpc) is 1.91. The van der Waals surface area contributed by atoms with E-state index in [9.17, 15) is 4.39 Å². The Hall–Kier alpha value is -1.11. The molecular formula is C8H7F. The highest BCUT2D eigenvalue weighted by Crippen LogP contribution is 1.99. The normalized spacial score (nSPS) is 10.3. The number of hydrogen-bond donors (Lipinski definition) is 0. The predicted octanol–water partition coefficient (Wildman–Crippen LogP) is 2.63. The monoisotopic (exact) mass is 122 g/mol. The Morgan fingerprint density at radius 3 is 2.33 bits per heavy atom. The Morgan fingerprint density at radius 1 is 1.11 bits per heavy atom. The van der Waals surface area contributed by atoms with Gasteiger partial charge in [0.15, 0.2) is 0 Å². The fourth-order valence-corrected chi connectivity index (χ4v) is 0.637. The molecule has 0 aromatic heterocycles. The number of hydrogen-bond acceptors (Lipinski definition) is 0. The van der Waals surface area contributed by atoms with Gasteiger partial charge in [0.05, 0.1) is 6.33 Å². The van der Waals surface area contributed by atoms with Crippen molar-refractivity contribution in [2.24, 2.45) is 0 Å². The van der Waals surface area contributed by atoms with Crippen molar-refractivity contribution in [3.8, 4) is 0 Å². The van der Waals surface area contributed by atoms with Crippen LogP contribution >= 0.6 is 0 Å². The van der Waals surface area contributed by atoms with Gasteiger partial charge in [0, 0.05) is 0 Å². The van der Waals surface area contributed by atoms with Crippen molar-refractivity contribution in [3.63, 3.8) is 0 Å². The van der Waals surface area contributed by atoms with Crippen LogP contribution in [0.4, 0.5) is 4.39 Å². The smallest absolute Gasteiger partial charge is 0.0872 e. The molecule has 0 N–H and O–H groups in total. The third-order valence-electron chi connectivity index (χ3n) is 1.06. The first-order chi connectivity index (χ1) is 4.43. The van der Waals surface area contributed by atoms with Crippen molar-refractivity contribution in [1.82, 2.24) is 0 Å². The van der Waals surface area contributed by atoms with E-state index in [-0.39, 0.29) is 0 Å². The summed E-state index contributed by atoms with van der Waals surface area (Å²) in [7, 11) is 0. The lowest BCUT2D eigenvalue weighted by atomic mass is 10.2. The summed E-state index contributed by atoms with van der Waals surface area (Å²) >= 11 is 0. The van der Waals surface area contributed by atoms with E-state index >= 15 is 0 Å². The first-order valence-corrected chi connectivity index (χ1v) is 2.75. The molecule has 0 bridgehead atoms. The van der Waals surface area contributed by atoms with Gasteiger partial charge in [0.25, 0.3) is 0 Å². The summed E-state index contributed by atoms with van der Waals surface area (Å²) in [6, 6.07) is 9.33. The molecule has 0 radical (unpaired) electrons. The minimum Gasteiger partial charge on any atom is -0.216 e. The van der Waals surface area contributed by atoms with Gasteiger partial charge in [-0.2, -0.15) is 0 Å². The molecule has 1 rings (SSSR count). The van der Waals surface area contributed by atoms with Crippen molar-refractivity contribution in [2.75, 3.05) is 0 Å². The van der Waals surface area contributed by atoms with Crippen LogP contribution in [-0.2, 0) is 0 Å². The summed E-state index contributed by atoms with van der Waals surface area (Å²) in [6.45, 7) is 0. The van der Waals surface area contributed by atoms with E-state index in [0.717, 1.165) is 5.56 Å². The van der Waals surface area contributed by atoms with Crippen molar-refractivity contribution in [2.45, 2.75) is 0 Å². The lowest BCUT2D eigenvalue weighted by molar-refractivity contribution is 0.727. The van der Waals surface area contributed by atoms with Gasteiger partial charge in [-0.1, -0.05) is 30.3 Å². The zero-order valence-electron chi connectivity index (χ0n) is 4.92. The molecule has 0 heterocycles. The van der Waals surface area contributed by atoms with Crippen LogP contribution in [0.3, 0.4) is 0 Å². The van der Waals surface area contributed by atoms with Crippen molar-refractivity contribution < 1.29 is 4.39 Å². The zero-order chi connectivity index (χ0) is 6.53. The molecule has 0 unspecified atom stereocenters. The molecule has 0 amide bonds. The van der Waals surface area contributed by atoms with Crippen LogP contribution in [0.5, 0.6) is 0 Å². The second kappa shape index (κ2) is 3.02. The molecule has 1 aromatic carbocycles. The van der Waals surface area contributed by atoms with E-state index in [2.05, 4.69) is 0 Å². The van der Waals surface area contributed by atoms with Crippen LogP contribution in [0.25, 0.3) is 6.08 Å². The van der Waals surface area contributed by atoms with E-state index in [1.807, 2.05) is 30.3 Å². The maximum Gasteiger partial charge on any atom is 0.0872 e. The largest absolute Gasteiger partial charge is 0.216 e. The summed E-state index contributed by atoms with van der Waals surface area (Å²) < 4.78 is 11.5. The molecule has 0 atom stereocenters. The van der Waals surface area contributed by atoms with Crippen molar-refractivity contribution >= 4 is 6.08 Å². The Morgan fingerprint density at radius 2 is 1.78 bits per heavy atom. The van der Waals surface area contributed by atoms with Crippen LogP contribution in [0, 0.1) is 0 Å². The van der Waals surface area contributed by atoms with Crippen LogP contribution < -0.4 is 0 Å². The zero-order valence-corrected chi connectivity index (χ0v) is 4.92. The van der Waals surface area contributed by atoms with Gasteiger partial charge in [-0.25, -0.2) is 4.39 Å². The quantitative estimate of drug-likeness (QED) is 0.537. The first kappa shape index (κ1) is 6.02. The van der Waals surface area contributed by atoms with E-state index in [1.165, 1.54) is 6.08 Å². The van der Waals surface area contributed by atoms with Gasteiger partial charge in [-0.05, 0) is 11.6 Å². The third-order valence-corrected chi connectivity index (χ3v) is 1.06. The molecule has 0 aliphatic carbocycles. The lowest BCUT2D eigenvalue weighted by Crippen LogP contribution is -1.65. The molecular weight excluding hydrogens is 115 g/mol. The average molecular weight is 122 g/mol. The molecule has 1 heteroatoms. The first-order valence-electron chi connectivity index (χ1n) is 2.75. The summed E-state index contributed by atoms with van der Waals surface area (Å²) in [4.78, 5) is 0. The topological polar surface area (TPSA) is 0 Å². The summed E-state index contributed by atoms with van der Waals surface area (Å²) in [6.07, 6.45) is 1.95. The van der Waals surface area contributed by atoms with Crippen LogP contribution in [0.2, 0.25) is 0 Å². The van der Waals surface area contributed by atoms with Crippen LogP contribution in [0.15, 0.2) is 36.7 Å². The molecule has 9 heavy (non-hydrogen) atoms. The van der Waals surface area contributed by atoms with Gasteiger partial charge in [-0.15, -0.1) is 0 Å². The minimum absolute atomic E-state index is 0.537. The Balaban J connectivity index is 2.85. The number of rotatable bonds is 1. The highest BCUT2D eigenvalue weighted by Gasteiger charge is 1.78. The molecule has 0 aliphatic rings. The van der Waals surface area contributed by atoms with E-state index in [4.69, 9.17) is 0 Å². The molecule has 0 saturated carbocycles. The molecule has 1 aromatic rings. The molecule has 0 spiro atoms. The standard InChI is InChI=1S/C8H7F/c9-7-6-8-4-2-1-3-5-8/h1-7H. The fraction of sp³-hybridized carbons (Fsp3) is 0. The highest BCUT2D eigenvalue weighted by molar-refractivity contribution is 5.47. The lowest BCUT2D eigenvalue weighted by Gasteiger charge is -1.85. The second-order valence-electron chi connectivity index (χ2n) is 1.70. The predicted molar refractivity (Wildman–Crippen MR) is 36.6 cm³/mol. The summed E-state index contributed by atoms with van der Waals surface area (Å²) in [5.41, 5.74) is 0.889. The Labute approximate surface area is 53.6 Å². The molecule has 46 valence electrons. The summed E-state index contributed by atoms with van der Waals surface area (Å²) in [5, 5.41) is 0. The summed E-state index contributed by atoms with van der Waals surface area (Å²) in [5.74, 6) is 0. The van der Waals surface area contributed by atoms with Crippen molar-refractivity contribution in [1.29, 1.82) is 0 Å². The maximum atomic E-state index is 11.5. The molecule has 0 nitrogen and oxygen atoms in total. The van der Waals surface area contributed by atoms with E-state index < -0.39 is 0 Å². The van der Waals surface area contributed by atoms with Crippen LogP contribution in [-0.4, -0.2) is 0 Å². The Kier molecular flexibility index (Phi) is 2.02. The van der Waals surface area contributed by atoms with Gasteiger partial charge in [0.1, 0.15) is 0 Å². The van der Waals surface area contributed by atoms with Gasteiger partial charge in [0.2, 0.25) is 0 Å². The Bertz CT molecular complexity index is 189. The molecule has 0 saturated heterocycles. The third kappa shape index (κ3) is 1.68. The number of benzene rings is 1. The van der Waals surface area contributed by atoms with Gasteiger partial charge in [-0.3, -0.25) is 0 Å². The molecule has 0 aliphatic heterocycles. The second-order valence-corrected chi connectivity index (χ2v) is 1.70. The van der Waals surface area contributed by atoms with Gasteiger partial charge < -0.3 is 0 Å². The number of halogens is 1. The SMILES string of the molecule is FC=Cc1ccccc1. The van der Waals surface area contributed by atoms with E-state index in [0.29, 0.717) is 6.33 Å². The maximum absolute atomic E-state index is 11.5. The minimum atomic E-state index is 0.537. The fourth-order valence-electron chi connectivity index (χ4n) is 0.637. The molecule has 0 fully saturated rings. The van der Waals surface area contributed by atoms with Crippen molar-refractivity contribution in [3.05, 3.63) is 42.2 Å².